The van der Waals surface area contributed by atoms with Gasteiger partial charge in [-0.3, -0.25) is 0 Å². The standard InChI is InChI=1S/C12H17NO/c1-13-8-10-4-3-9-7-11(14-2)5-6-12(9)10/h5-7,10,13H,3-4,8H2,1-2H3. The van der Waals surface area contributed by atoms with Crippen LogP contribution in [0.3, 0.4) is 0 Å². The van der Waals surface area contributed by atoms with Crippen LogP contribution in [-0.2, 0) is 6.42 Å². The number of fused-ring (bicyclic) bond motifs is 1. The van der Waals surface area contributed by atoms with E-state index in [9.17, 15) is 0 Å². The Morgan fingerprint density at radius 3 is 3.07 bits per heavy atom. The Labute approximate surface area is 85.3 Å². The van der Waals surface area contributed by atoms with Crippen LogP contribution in [-0.4, -0.2) is 20.7 Å². The molecule has 0 amide bonds. The van der Waals surface area contributed by atoms with Crippen LogP contribution >= 0.6 is 0 Å². The van der Waals surface area contributed by atoms with Gasteiger partial charge in [-0.05, 0) is 49.1 Å². The van der Waals surface area contributed by atoms with Crippen molar-refractivity contribution in [2.75, 3.05) is 20.7 Å². The van der Waals surface area contributed by atoms with E-state index in [0.717, 1.165) is 12.3 Å². The molecular weight excluding hydrogens is 174 g/mol. The second-order valence-electron chi connectivity index (χ2n) is 3.86. The molecule has 0 fully saturated rings. The first-order valence-corrected chi connectivity index (χ1v) is 5.16. The van der Waals surface area contributed by atoms with Crippen molar-refractivity contribution in [1.29, 1.82) is 0 Å². The van der Waals surface area contributed by atoms with Crippen molar-refractivity contribution in [2.24, 2.45) is 0 Å². The zero-order valence-corrected chi connectivity index (χ0v) is 8.84. The lowest BCUT2D eigenvalue weighted by atomic mass is 10.0. The Bertz CT molecular complexity index is 322. The number of hydrogen-bond acceptors (Lipinski definition) is 2. The van der Waals surface area contributed by atoms with Crippen LogP contribution in [0.5, 0.6) is 5.75 Å². The fourth-order valence-corrected chi connectivity index (χ4v) is 2.27. The third-order valence-electron chi connectivity index (χ3n) is 3.00. The highest BCUT2D eigenvalue weighted by molar-refractivity contribution is 5.41. The third-order valence-corrected chi connectivity index (χ3v) is 3.00. The molecule has 0 spiro atoms. The molecule has 1 aromatic carbocycles. The zero-order valence-electron chi connectivity index (χ0n) is 8.84. The minimum Gasteiger partial charge on any atom is -0.497 e. The highest BCUT2D eigenvalue weighted by Gasteiger charge is 2.21. The Hall–Kier alpha value is -1.02. The summed E-state index contributed by atoms with van der Waals surface area (Å²) in [6, 6.07) is 6.45. The van der Waals surface area contributed by atoms with Gasteiger partial charge in [0.25, 0.3) is 0 Å². The van der Waals surface area contributed by atoms with Crippen LogP contribution < -0.4 is 10.1 Å². The van der Waals surface area contributed by atoms with Crippen LogP contribution in [0.25, 0.3) is 0 Å². The van der Waals surface area contributed by atoms with Gasteiger partial charge in [-0.15, -0.1) is 0 Å². The summed E-state index contributed by atoms with van der Waals surface area (Å²) in [5.74, 6) is 1.68. The predicted octanol–water partition coefficient (Wildman–Crippen LogP) is 1.94. The molecule has 0 saturated carbocycles. The molecular formula is C12H17NO. The van der Waals surface area contributed by atoms with Crippen LogP contribution in [0.15, 0.2) is 18.2 Å². The van der Waals surface area contributed by atoms with E-state index in [-0.39, 0.29) is 0 Å². The molecule has 14 heavy (non-hydrogen) atoms. The highest BCUT2D eigenvalue weighted by Crippen LogP contribution is 2.34. The summed E-state index contributed by atoms with van der Waals surface area (Å²) in [7, 11) is 3.74. The van der Waals surface area contributed by atoms with Gasteiger partial charge >= 0.3 is 0 Å². The summed E-state index contributed by atoms with van der Waals surface area (Å²) in [6.45, 7) is 1.08. The maximum absolute atomic E-state index is 5.22. The van der Waals surface area contributed by atoms with Crippen molar-refractivity contribution in [3.8, 4) is 5.75 Å². The maximum Gasteiger partial charge on any atom is 0.119 e. The van der Waals surface area contributed by atoms with E-state index in [2.05, 4.69) is 23.5 Å². The fourth-order valence-electron chi connectivity index (χ4n) is 2.27. The monoisotopic (exact) mass is 191 g/mol. The Kier molecular flexibility index (Phi) is 2.73. The number of likely N-dealkylation sites (N-methyl/N-ethyl adjacent to an activating group) is 1. The molecule has 0 saturated heterocycles. The summed E-state index contributed by atoms with van der Waals surface area (Å²) in [4.78, 5) is 0. The normalized spacial score (nSPS) is 19.4. The quantitative estimate of drug-likeness (QED) is 0.788. The second kappa shape index (κ2) is 4.01. The minimum atomic E-state index is 0.695. The number of aryl methyl sites for hydroxylation is 1. The first kappa shape index (κ1) is 9.53. The molecule has 2 nitrogen and oxygen atoms in total. The summed E-state index contributed by atoms with van der Waals surface area (Å²) >= 11 is 0. The SMILES string of the molecule is CNCC1CCc2cc(OC)ccc21. The van der Waals surface area contributed by atoms with Gasteiger partial charge in [0.15, 0.2) is 0 Å². The van der Waals surface area contributed by atoms with Gasteiger partial charge in [-0.25, -0.2) is 0 Å². The lowest BCUT2D eigenvalue weighted by molar-refractivity contribution is 0.414. The van der Waals surface area contributed by atoms with E-state index >= 15 is 0 Å². The largest absolute Gasteiger partial charge is 0.497 e. The topological polar surface area (TPSA) is 21.3 Å². The Morgan fingerprint density at radius 2 is 2.36 bits per heavy atom. The third kappa shape index (κ3) is 1.62. The van der Waals surface area contributed by atoms with Gasteiger partial charge < -0.3 is 10.1 Å². The van der Waals surface area contributed by atoms with E-state index in [0.29, 0.717) is 5.92 Å². The maximum atomic E-state index is 5.22. The van der Waals surface area contributed by atoms with Crippen molar-refractivity contribution >= 4 is 0 Å². The molecule has 1 aromatic rings. The number of nitrogens with one attached hydrogen (secondary N) is 1. The lowest BCUT2D eigenvalue weighted by Crippen LogP contribution is -2.14. The average molecular weight is 191 g/mol. The van der Waals surface area contributed by atoms with E-state index in [1.807, 2.05) is 7.05 Å². The highest BCUT2D eigenvalue weighted by atomic mass is 16.5. The molecule has 1 unspecified atom stereocenters. The molecule has 1 N–H and O–H groups in total. The van der Waals surface area contributed by atoms with Crippen molar-refractivity contribution < 1.29 is 4.74 Å². The van der Waals surface area contributed by atoms with Gasteiger partial charge in [0.05, 0.1) is 7.11 Å². The molecule has 1 aliphatic rings. The molecule has 1 aliphatic carbocycles. The first-order chi connectivity index (χ1) is 6.85. The van der Waals surface area contributed by atoms with Crippen molar-refractivity contribution in [3.63, 3.8) is 0 Å². The van der Waals surface area contributed by atoms with Crippen molar-refractivity contribution in [3.05, 3.63) is 29.3 Å². The number of rotatable bonds is 3. The van der Waals surface area contributed by atoms with Crippen LogP contribution in [0.1, 0.15) is 23.5 Å². The summed E-state index contributed by atoms with van der Waals surface area (Å²) in [5.41, 5.74) is 2.96. The lowest BCUT2D eigenvalue weighted by Gasteiger charge is -2.10. The number of methoxy groups -OCH3 is 1. The van der Waals surface area contributed by atoms with Gasteiger partial charge in [0.2, 0.25) is 0 Å². The van der Waals surface area contributed by atoms with Crippen LogP contribution in [0.2, 0.25) is 0 Å². The van der Waals surface area contributed by atoms with Crippen molar-refractivity contribution in [2.45, 2.75) is 18.8 Å². The minimum absolute atomic E-state index is 0.695. The average Bonchev–Trinajstić information content (AvgIpc) is 2.61. The molecule has 0 aromatic heterocycles. The van der Waals surface area contributed by atoms with Gasteiger partial charge in [0.1, 0.15) is 5.75 Å². The molecule has 1 atom stereocenters. The van der Waals surface area contributed by atoms with E-state index in [1.165, 1.54) is 24.0 Å². The Morgan fingerprint density at radius 1 is 1.50 bits per heavy atom. The summed E-state index contributed by atoms with van der Waals surface area (Å²) in [5, 5.41) is 3.25. The molecule has 0 aliphatic heterocycles. The van der Waals surface area contributed by atoms with E-state index in [1.54, 1.807) is 7.11 Å². The van der Waals surface area contributed by atoms with Crippen LogP contribution in [0, 0.1) is 0 Å². The molecule has 0 bridgehead atoms. The smallest absolute Gasteiger partial charge is 0.119 e. The Balaban J connectivity index is 2.24. The van der Waals surface area contributed by atoms with Gasteiger partial charge in [-0.1, -0.05) is 6.07 Å². The second-order valence-corrected chi connectivity index (χ2v) is 3.86. The number of benzene rings is 1. The predicted molar refractivity (Wildman–Crippen MR) is 58.0 cm³/mol. The number of hydrogen-bond donors (Lipinski definition) is 1. The van der Waals surface area contributed by atoms with Gasteiger partial charge in [-0.2, -0.15) is 0 Å². The van der Waals surface area contributed by atoms with Gasteiger partial charge in [0, 0.05) is 6.54 Å². The summed E-state index contributed by atoms with van der Waals surface area (Å²) < 4.78 is 5.22. The molecule has 76 valence electrons. The van der Waals surface area contributed by atoms with E-state index < -0.39 is 0 Å². The van der Waals surface area contributed by atoms with Crippen LogP contribution in [0.4, 0.5) is 0 Å². The molecule has 2 heteroatoms. The molecule has 0 heterocycles. The first-order valence-electron chi connectivity index (χ1n) is 5.16. The number of ether oxygens (including phenoxy) is 1. The zero-order chi connectivity index (χ0) is 9.97. The fraction of sp³-hybridized carbons (Fsp3) is 0.500. The summed E-state index contributed by atoms with van der Waals surface area (Å²) in [6.07, 6.45) is 2.46. The van der Waals surface area contributed by atoms with E-state index in [4.69, 9.17) is 4.74 Å². The van der Waals surface area contributed by atoms with Crippen molar-refractivity contribution in [1.82, 2.24) is 5.32 Å². The molecule has 0 radical (unpaired) electrons. The molecule has 2 rings (SSSR count).